The third-order valence-electron chi connectivity index (χ3n) is 6.92. The number of nitrogens with one attached hydrogen (secondary N) is 1. The number of ether oxygens (including phenoxy) is 3. The monoisotopic (exact) mass is 482 g/mol. The summed E-state index contributed by atoms with van der Waals surface area (Å²) in [5.41, 5.74) is 3.18. The van der Waals surface area contributed by atoms with Crippen LogP contribution in [0.4, 0.5) is 4.79 Å². The molecule has 9 heteroatoms. The van der Waals surface area contributed by atoms with Crippen LogP contribution in [0.2, 0.25) is 0 Å². The summed E-state index contributed by atoms with van der Waals surface area (Å²) in [6, 6.07) is 16.2. The summed E-state index contributed by atoms with van der Waals surface area (Å²) in [5, 5.41) is 12.1. The maximum absolute atomic E-state index is 12.7. The molecule has 0 spiro atoms. The lowest BCUT2D eigenvalue weighted by molar-refractivity contribution is -0.161. The fourth-order valence-electron chi connectivity index (χ4n) is 4.83. The molecule has 2 N–H and O–H groups in total. The first-order valence-corrected chi connectivity index (χ1v) is 11.6. The Morgan fingerprint density at radius 2 is 1.71 bits per heavy atom. The molecular formula is C26H30N2O7. The zero-order chi connectivity index (χ0) is 25.0. The van der Waals surface area contributed by atoms with Crippen molar-refractivity contribution >= 4 is 18.0 Å². The number of alkyl carbamates (subject to hydrolysis) is 1. The Kier molecular flexibility index (Phi) is 7.37. The van der Waals surface area contributed by atoms with Crippen LogP contribution in [0.25, 0.3) is 11.1 Å². The van der Waals surface area contributed by atoms with Crippen molar-refractivity contribution in [2.45, 2.75) is 30.5 Å². The highest BCUT2D eigenvalue weighted by atomic mass is 16.5. The van der Waals surface area contributed by atoms with Gasteiger partial charge in [0.05, 0.1) is 19.1 Å². The van der Waals surface area contributed by atoms with E-state index >= 15 is 0 Å². The lowest BCUT2D eigenvalue weighted by Gasteiger charge is -2.24. The summed E-state index contributed by atoms with van der Waals surface area (Å²) in [5.74, 6) is -1.39. The number of fused-ring (bicyclic) bond motifs is 3. The minimum Gasteiger partial charge on any atom is -0.479 e. The van der Waals surface area contributed by atoms with Crippen LogP contribution in [-0.4, -0.2) is 80.1 Å². The van der Waals surface area contributed by atoms with Gasteiger partial charge in [-0.05, 0) is 22.3 Å². The molecule has 1 heterocycles. The van der Waals surface area contributed by atoms with Crippen molar-refractivity contribution < 1.29 is 33.7 Å². The smallest absolute Gasteiger partial charge is 0.407 e. The number of carboxylic acids is 1. The molecule has 2 aromatic rings. The quantitative estimate of drug-likeness (QED) is 0.565. The maximum atomic E-state index is 12.7. The number of likely N-dealkylation sites (tertiary alicyclic amines) is 1. The maximum Gasteiger partial charge on any atom is 0.407 e. The Bertz CT molecular complexity index is 1060. The summed E-state index contributed by atoms with van der Waals surface area (Å²) >= 11 is 0. The third kappa shape index (κ3) is 5.01. The number of carboxylic acid groups (broad SMARTS) is 1. The zero-order valence-corrected chi connectivity index (χ0v) is 19.9. The van der Waals surface area contributed by atoms with Crippen molar-refractivity contribution in [2.24, 2.45) is 0 Å². The average molecular weight is 483 g/mol. The van der Waals surface area contributed by atoms with Crippen LogP contribution < -0.4 is 5.32 Å². The van der Waals surface area contributed by atoms with Gasteiger partial charge in [0.15, 0.2) is 5.60 Å². The van der Waals surface area contributed by atoms with Crippen molar-refractivity contribution in [1.29, 1.82) is 0 Å². The Hall–Kier alpha value is -3.43. The zero-order valence-electron chi connectivity index (χ0n) is 19.9. The van der Waals surface area contributed by atoms with Gasteiger partial charge >= 0.3 is 12.1 Å². The largest absolute Gasteiger partial charge is 0.479 e. The second kappa shape index (κ2) is 10.5. The number of aliphatic carboxylic acids is 1. The summed E-state index contributed by atoms with van der Waals surface area (Å²) in [7, 11) is 2.79. The van der Waals surface area contributed by atoms with E-state index in [0.29, 0.717) is 0 Å². The standard InChI is InChI=1S/C26H30N2O7/c1-33-17(13-23(29)28-12-11-26(16-28,34-2)24(30)31)14-27-25(32)35-15-22-20-9-5-3-7-18(20)19-8-4-6-10-21(19)22/h3-10,17,22H,11-16H2,1-2H3,(H,27,32)(H,30,31). The summed E-state index contributed by atoms with van der Waals surface area (Å²) in [6.45, 7) is 0.544. The van der Waals surface area contributed by atoms with Gasteiger partial charge in [0, 0.05) is 39.6 Å². The van der Waals surface area contributed by atoms with Crippen molar-refractivity contribution in [1.82, 2.24) is 10.2 Å². The predicted octanol–water partition coefficient (Wildman–Crippen LogP) is 2.63. The van der Waals surface area contributed by atoms with E-state index in [4.69, 9.17) is 14.2 Å². The molecule has 1 fully saturated rings. The van der Waals surface area contributed by atoms with E-state index in [1.807, 2.05) is 24.3 Å². The fraction of sp³-hybridized carbons (Fsp3) is 0.423. The molecule has 4 rings (SSSR count). The first-order valence-electron chi connectivity index (χ1n) is 11.6. The van der Waals surface area contributed by atoms with Gasteiger partial charge < -0.3 is 29.5 Å². The van der Waals surface area contributed by atoms with E-state index in [1.54, 1.807) is 0 Å². The van der Waals surface area contributed by atoms with E-state index in [-0.39, 0.29) is 50.9 Å². The topological polar surface area (TPSA) is 114 Å². The van der Waals surface area contributed by atoms with Crippen molar-refractivity contribution in [3.8, 4) is 11.1 Å². The van der Waals surface area contributed by atoms with E-state index in [0.717, 1.165) is 22.3 Å². The summed E-state index contributed by atoms with van der Waals surface area (Å²) in [6.07, 6.45) is -0.947. The molecule has 2 atom stereocenters. The number of rotatable bonds is 9. The average Bonchev–Trinajstić information content (AvgIpc) is 3.46. The second-order valence-electron chi connectivity index (χ2n) is 8.84. The highest BCUT2D eigenvalue weighted by molar-refractivity contribution is 5.83. The minimum atomic E-state index is -1.38. The lowest BCUT2D eigenvalue weighted by atomic mass is 9.98. The number of methoxy groups -OCH3 is 2. The van der Waals surface area contributed by atoms with E-state index in [2.05, 4.69) is 29.6 Å². The van der Waals surface area contributed by atoms with Crippen LogP contribution in [-0.2, 0) is 23.8 Å². The number of carbonyl (C=O) groups excluding carboxylic acids is 2. The van der Waals surface area contributed by atoms with Crippen molar-refractivity contribution in [2.75, 3.05) is 40.5 Å². The molecule has 0 saturated carbocycles. The number of hydrogen-bond acceptors (Lipinski definition) is 6. The van der Waals surface area contributed by atoms with Gasteiger partial charge in [-0.25, -0.2) is 9.59 Å². The molecule has 1 aliphatic carbocycles. The highest BCUT2D eigenvalue weighted by Crippen LogP contribution is 2.44. The molecule has 2 unspecified atom stereocenters. The molecular weight excluding hydrogens is 452 g/mol. The molecule has 2 aromatic carbocycles. The summed E-state index contributed by atoms with van der Waals surface area (Å²) in [4.78, 5) is 38.1. The van der Waals surface area contributed by atoms with Gasteiger partial charge in [0.1, 0.15) is 6.61 Å². The normalized spacial score (nSPS) is 19.7. The van der Waals surface area contributed by atoms with E-state index < -0.39 is 23.8 Å². The Morgan fingerprint density at radius 1 is 1.09 bits per heavy atom. The molecule has 1 saturated heterocycles. The van der Waals surface area contributed by atoms with Gasteiger partial charge in [0.25, 0.3) is 0 Å². The van der Waals surface area contributed by atoms with Gasteiger partial charge in [-0.3, -0.25) is 4.79 Å². The lowest BCUT2D eigenvalue weighted by Crippen LogP contribution is -2.45. The molecule has 0 aromatic heterocycles. The van der Waals surface area contributed by atoms with Crippen LogP contribution in [0, 0.1) is 0 Å². The number of nitrogens with zero attached hydrogens (tertiary/aromatic N) is 1. The number of benzene rings is 2. The Balaban J connectivity index is 1.28. The van der Waals surface area contributed by atoms with Crippen LogP contribution in [0.3, 0.4) is 0 Å². The van der Waals surface area contributed by atoms with Gasteiger partial charge in [-0.15, -0.1) is 0 Å². The molecule has 0 radical (unpaired) electrons. The minimum absolute atomic E-state index is 0.000428. The van der Waals surface area contributed by atoms with Crippen molar-refractivity contribution in [3.63, 3.8) is 0 Å². The molecule has 35 heavy (non-hydrogen) atoms. The molecule has 186 valence electrons. The Morgan fingerprint density at radius 3 is 2.26 bits per heavy atom. The van der Waals surface area contributed by atoms with Gasteiger partial charge in [-0.2, -0.15) is 0 Å². The Labute approximate surface area is 204 Å². The van der Waals surface area contributed by atoms with E-state index in [9.17, 15) is 19.5 Å². The molecule has 2 aliphatic rings. The van der Waals surface area contributed by atoms with Crippen LogP contribution in [0.15, 0.2) is 48.5 Å². The fourth-order valence-corrected chi connectivity index (χ4v) is 4.83. The SMILES string of the molecule is COC(CNC(=O)OCC1c2ccccc2-c2ccccc21)CC(=O)N1CCC(OC)(C(=O)O)C1. The highest BCUT2D eigenvalue weighted by Gasteiger charge is 2.46. The first kappa shape index (κ1) is 24.7. The molecule has 2 amide bonds. The molecule has 1 aliphatic heterocycles. The van der Waals surface area contributed by atoms with Crippen LogP contribution in [0.5, 0.6) is 0 Å². The third-order valence-corrected chi connectivity index (χ3v) is 6.92. The van der Waals surface area contributed by atoms with Gasteiger partial charge in [0.2, 0.25) is 5.91 Å². The van der Waals surface area contributed by atoms with Gasteiger partial charge in [-0.1, -0.05) is 48.5 Å². The second-order valence-corrected chi connectivity index (χ2v) is 8.84. The van der Waals surface area contributed by atoms with E-state index in [1.165, 1.54) is 19.1 Å². The molecule has 0 bridgehead atoms. The van der Waals surface area contributed by atoms with Crippen LogP contribution in [0.1, 0.15) is 29.9 Å². The van der Waals surface area contributed by atoms with Crippen LogP contribution >= 0.6 is 0 Å². The summed E-state index contributed by atoms with van der Waals surface area (Å²) < 4.78 is 16.1. The number of hydrogen-bond donors (Lipinski definition) is 2. The number of carbonyl (C=O) groups is 3. The predicted molar refractivity (Wildman–Crippen MR) is 127 cm³/mol. The molecule has 9 nitrogen and oxygen atoms in total. The van der Waals surface area contributed by atoms with Crippen molar-refractivity contribution in [3.05, 3.63) is 59.7 Å². The first-order chi connectivity index (χ1) is 16.9. The number of amides is 2.